The van der Waals surface area contributed by atoms with Crippen LogP contribution in [0.3, 0.4) is 0 Å². The first kappa shape index (κ1) is 14.9. The van der Waals surface area contributed by atoms with Crippen molar-refractivity contribution in [1.29, 1.82) is 0 Å². The van der Waals surface area contributed by atoms with E-state index in [4.69, 9.17) is 5.73 Å². The highest BCUT2D eigenvalue weighted by molar-refractivity contribution is 7.20. The van der Waals surface area contributed by atoms with E-state index >= 15 is 0 Å². The molecule has 3 aromatic rings. The molecule has 2 aromatic heterocycles. The van der Waals surface area contributed by atoms with Crippen LogP contribution in [0, 0.1) is 6.92 Å². The van der Waals surface area contributed by atoms with Crippen molar-refractivity contribution in [3.8, 4) is 0 Å². The molecule has 0 radical (unpaired) electrons. The van der Waals surface area contributed by atoms with E-state index in [2.05, 4.69) is 15.3 Å². The second kappa shape index (κ2) is 5.65. The Balaban J connectivity index is 2.03. The number of hydrogen-bond acceptors (Lipinski definition) is 6. The van der Waals surface area contributed by atoms with Gasteiger partial charge in [-0.2, -0.15) is 0 Å². The number of aromatic nitrogens is 2. The monoisotopic (exact) mass is 328 g/mol. The summed E-state index contributed by atoms with van der Waals surface area (Å²) in [6.45, 7) is 1.73. The van der Waals surface area contributed by atoms with E-state index in [0.717, 1.165) is 11.3 Å². The molecule has 0 saturated heterocycles. The number of aromatic carboxylic acids is 1. The van der Waals surface area contributed by atoms with E-state index in [1.807, 2.05) is 0 Å². The Hall–Kier alpha value is -3.00. The van der Waals surface area contributed by atoms with Gasteiger partial charge in [-0.3, -0.25) is 4.79 Å². The Bertz CT molecular complexity index is 918. The second-order valence-corrected chi connectivity index (χ2v) is 5.83. The Morgan fingerprint density at radius 2 is 1.91 bits per heavy atom. The second-order valence-electron chi connectivity index (χ2n) is 4.83. The molecule has 0 aliphatic heterocycles. The molecule has 1 aromatic carbocycles. The van der Waals surface area contributed by atoms with Crippen molar-refractivity contribution in [2.24, 2.45) is 5.73 Å². The number of nitrogens with two attached hydrogens (primary N) is 1. The molecule has 1 amide bonds. The van der Waals surface area contributed by atoms with Crippen LogP contribution >= 0.6 is 11.3 Å². The van der Waals surface area contributed by atoms with Crippen molar-refractivity contribution in [3.63, 3.8) is 0 Å². The standard InChI is InChI=1S/C15H12N4O3S/c1-7-10-13(17-6-18-14(10)23-11(7)15(21)22)19-9-4-2-8(3-5-9)12(16)20/h2-6H,1H3,(H2,16,20)(H,21,22)(H,17,18,19). The minimum absolute atomic E-state index is 0.243. The van der Waals surface area contributed by atoms with Crippen LogP contribution in [0.2, 0.25) is 0 Å². The highest BCUT2D eigenvalue weighted by Gasteiger charge is 2.18. The van der Waals surface area contributed by atoms with Gasteiger partial charge in [0.05, 0.1) is 5.39 Å². The largest absolute Gasteiger partial charge is 0.477 e. The number of rotatable bonds is 4. The summed E-state index contributed by atoms with van der Waals surface area (Å²) < 4.78 is 0. The van der Waals surface area contributed by atoms with E-state index in [0.29, 0.717) is 32.8 Å². The normalized spacial score (nSPS) is 10.7. The van der Waals surface area contributed by atoms with E-state index in [1.165, 1.54) is 6.33 Å². The molecule has 4 N–H and O–H groups in total. The fourth-order valence-electron chi connectivity index (χ4n) is 2.22. The number of carboxylic acid groups (broad SMARTS) is 1. The van der Waals surface area contributed by atoms with Crippen molar-refractivity contribution in [1.82, 2.24) is 9.97 Å². The predicted octanol–water partition coefficient (Wildman–Crippen LogP) is 2.54. The lowest BCUT2D eigenvalue weighted by Gasteiger charge is -2.07. The first-order valence-electron chi connectivity index (χ1n) is 6.61. The number of fused-ring (bicyclic) bond motifs is 1. The minimum Gasteiger partial charge on any atom is -0.477 e. The number of nitrogens with zero attached hydrogens (tertiary/aromatic N) is 2. The van der Waals surface area contributed by atoms with E-state index in [-0.39, 0.29) is 4.88 Å². The molecule has 0 fully saturated rings. The van der Waals surface area contributed by atoms with Crippen LogP contribution < -0.4 is 11.1 Å². The highest BCUT2D eigenvalue weighted by atomic mass is 32.1. The maximum atomic E-state index is 11.3. The number of aryl methyl sites for hydroxylation is 1. The summed E-state index contributed by atoms with van der Waals surface area (Å²) in [4.78, 5) is 31.5. The fraction of sp³-hybridized carbons (Fsp3) is 0.0667. The molecular weight excluding hydrogens is 316 g/mol. The molecule has 8 heteroatoms. The molecule has 0 unspecified atom stereocenters. The SMILES string of the molecule is Cc1c(C(=O)O)sc2ncnc(Nc3ccc(C(N)=O)cc3)c12. The van der Waals surface area contributed by atoms with E-state index in [9.17, 15) is 14.7 Å². The number of carbonyl (C=O) groups excluding carboxylic acids is 1. The maximum Gasteiger partial charge on any atom is 0.346 e. The number of hydrogen-bond donors (Lipinski definition) is 3. The summed E-state index contributed by atoms with van der Waals surface area (Å²) >= 11 is 1.11. The topological polar surface area (TPSA) is 118 Å². The summed E-state index contributed by atoms with van der Waals surface area (Å²) in [6.07, 6.45) is 1.38. The summed E-state index contributed by atoms with van der Waals surface area (Å²) in [5.41, 5.74) is 6.94. The van der Waals surface area contributed by atoms with Gasteiger partial charge in [0, 0.05) is 11.3 Å². The Morgan fingerprint density at radius 1 is 1.22 bits per heavy atom. The van der Waals surface area contributed by atoms with Crippen LogP contribution in [0.5, 0.6) is 0 Å². The third kappa shape index (κ3) is 2.71. The lowest BCUT2D eigenvalue weighted by atomic mass is 10.2. The summed E-state index contributed by atoms with van der Waals surface area (Å²) in [5.74, 6) is -0.967. The number of amides is 1. The van der Waals surface area contributed by atoms with Crippen molar-refractivity contribution < 1.29 is 14.7 Å². The van der Waals surface area contributed by atoms with Crippen LogP contribution in [0.15, 0.2) is 30.6 Å². The Morgan fingerprint density at radius 3 is 2.52 bits per heavy atom. The smallest absolute Gasteiger partial charge is 0.346 e. The zero-order valence-corrected chi connectivity index (χ0v) is 12.8. The van der Waals surface area contributed by atoms with Gasteiger partial charge in [-0.15, -0.1) is 11.3 Å². The third-order valence-electron chi connectivity index (χ3n) is 3.35. The first-order valence-corrected chi connectivity index (χ1v) is 7.43. The number of carboxylic acids is 1. The lowest BCUT2D eigenvalue weighted by Crippen LogP contribution is -2.10. The minimum atomic E-state index is -0.984. The van der Waals surface area contributed by atoms with Crippen molar-refractivity contribution >= 4 is 44.9 Å². The highest BCUT2D eigenvalue weighted by Crippen LogP contribution is 2.34. The van der Waals surface area contributed by atoms with Crippen molar-refractivity contribution in [2.45, 2.75) is 6.92 Å². The van der Waals surface area contributed by atoms with Gasteiger partial charge in [-0.05, 0) is 36.8 Å². The summed E-state index contributed by atoms with van der Waals surface area (Å²) in [5, 5.41) is 13.0. The number of primary amides is 1. The fourth-order valence-corrected chi connectivity index (χ4v) is 3.21. The number of nitrogens with one attached hydrogen (secondary N) is 1. The van der Waals surface area contributed by atoms with Crippen LogP contribution in [0.4, 0.5) is 11.5 Å². The molecule has 3 rings (SSSR count). The number of anilines is 2. The summed E-state index contributed by atoms with van der Waals surface area (Å²) in [6, 6.07) is 6.61. The lowest BCUT2D eigenvalue weighted by molar-refractivity contribution is 0.0701. The van der Waals surface area contributed by atoms with Gasteiger partial charge in [0.15, 0.2) is 0 Å². The quantitative estimate of drug-likeness (QED) is 0.677. The number of thiophene rings is 1. The van der Waals surface area contributed by atoms with Crippen molar-refractivity contribution in [3.05, 3.63) is 46.6 Å². The average molecular weight is 328 g/mol. The third-order valence-corrected chi connectivity index (χ3v) is 4.54. The zero-order chi connectivity index (χ0) is 16.6. The van der Waals surface area contributed by atoms with E-state index < -0.39 is 11.9 Å². The Labute approximate surface area is 134 Å². The van der Waals surface area contributed by atoms with Crippen LogP contribution in [0.1, 0.15) is 25.6 Å². The van der Waals surface area contributed by atoms with Crippen LogP contribution in [0.25, 0.3) is 10.2 Å². The van der Waals surface area contributed by atoms with Crippen LogP contribution in [-0.4, -0.2) is 27.0 Å². The number of carbonyl (C=O) groups is 2. The molecule has 0 aliphatic carbocycles. The molecular formula is C15H12N4O3S. The molecule has 0 spiro atoms. The molecule has 116 valence electrons. The molecule has 23 heavy (non-hydrogen) atoms. The molecule has 2 heterocycles. The van der Waals surface area contributed by atoms with Gasteiger partial charge >= 0.3 is 5.97 Å². The zero-order valence-electron chi connectivity index (χ0n) is 12.0. The molecule has 0 atom stereocenters. The molecule has 0 saturated carbocycles. The number of benzene rings is 1. The van der Waals surface area contributed by atoms with E-state index in [1.54, 1.807) is 31.2 Å². The predicted molar refractivity (Wildman–Crippen MR) is 87.4 cm³/mol. The molecule has 0 aliphatic rings. The van der Waals surface area contributed by atoms with Gasteiger partial charge in [-0.25, -0.2) is 14.8 Å². The van der Waals surface area contributed by atoms with Gasteiger partial charge < -0.3 is 16.2 Å². The van der Waals surface area contributed by atoms with Gasteiger partial charge in [0.2, 0.25) is 5.91 Å². The Kier molecular flexibility index (Phi) is 3.67. The molecule has 0 bridgehead atoms. The average Bonchev–Trinajstić information content (AvgIpc) is 2.86. The van der Waals surface area contributed by atoms with Gasteiger partial charge in [0.25, 0.3) is 0 Å². The summed E-state index contributed by atoms with van der Waals surface area (Å²) in [7, 11) is 0. The van der Waals surface area contributed by atoms with Crippen LogP contribution in [-0.2, 0) is 0 Å². The maximum absolute atomic E-state index is 11.3. The van der Waals surface area contributed by atoms with Gasteiger partial charge in [0.1, 0.15) is 21.9 Å². The molecule has 7 nitrogen and oxygen atoms in total. The first-order chi connectivity index (χ1) is 11.0. The van der Waals surface area contributed by atoms with Crippen molar-refractivity contribution in [2.75, 3.05) is 5.32 Å². The van der Waals surface area contributed by atoms with Gasteiger partial charge in [-0.1, -0.05) is 0 Å².